The average molecular weight is 482 g/mol. The zero-order chi connectivity index (χ0) is 24.0. The minimum absolute atomic E-state index is 0.164. The molecule has 1 aromatic rings. The molecule has 2 bridgehead atoms. The first-order valence-corrected chi connectivity index (χ1v) is 13.4. The summed E-state index contributed by atoms with van der Waals surface area (Å²) in [5, 5.41) is 0. The van der Waals surface area contributed by atoms with Gasteiger partial charge in [-0.3, -0.25) is 14.5 Å². The Kier molecular flexibility index (Phi) is 8.04. The third kappa shape index (κ3) is 6.07. The molecule has 7 nitrogen and oxygen atoms in total. The molecule has 190 valence electrons. The van der Waals surface area contributed by atoms with E-state index in [9.17, 15) is 9.59 Å². The maximum Gasteiger partial charge on any atom is 0.236 e. The highest BCUT2D eigenvalue weighted by Crippen LogP contribution is 2.31. The number of benzene rings is 1. The van der Waals surface area contributed by atoms with E-state index in [1.54, 1.807) is 0 Å². The van der Waals surface area contributed by atoms with E-state index in [4.69, 9.17) is 9.47 Å². The Balaban J connectivity index is 1.34. The molecular formula is C28H39N3O4. The molecule has 0 spiro atoms. The Morgan fingerprint density at radius 1 is 1.00 bits per heavy atom. The Labute approximate surface area is 209 Å². The summed E-state index contributed by atoms with van der Waals surface area (Å²) in [7, 11) is 0. The molecule has 35 heavy (non-hydrogen) atoms. The van der Waals surface area contributed by atoms with Crippen LogP contribution >= 0.6 is 0 Å². The van der Waals surface area contributed by atoms with Crippen LogP contribution in [0.3, 0.4) is 0 Å². The van der Waals surface area contributed by atoms with Gasteiger partial charge in [0.1, 0.15) is 12.4 Å². The predicted molar refractivity (Wildman–Crippen MR) is 134 cm³/mol. The second-order valence-electron chi connectivity index (χ2n) is 10.4. The summed E-state index contributed by atoms with van der Waals surface area (Å²) in [6, 6.07) is 8.67. The number of para-hydroxylation sites is 1. The molecule has 2 saturated heterocycles. The highest BCUT2D eigenvalue weighted by Gasteiger charge is 2.34. The van der Waals surface area contributed by atoms with Crippen molar-refractivity contribution in [3.8, 4) is 5.75 Å². The number of piperidine rings is 1. The van der Waals surface area contributed by atoms with Gasteiger partial charge in [0.05, 0.1) is 19.8 Å². The van der Waals surface area contributed by atoms with Gasteiger partial charge in [-0.25, -0.2) is 0 Å². The Morgan fingerprint density at radius 2 is 1.80 bits per heavy atom. The van der Waals surface area contributed by atoms with Crippen molar-refractivity contribution in [2.75, 3.05) is 52.5 Å². The van der Waals surface area contributed by atoms with E-state index in [0.29, 0.717) is 58.5 Å². The van der Waals surface area contributed by atoms with Crippen LogP contribution in [-0.2, 0) is 20.9 Å². The summed E-state index contributed by atoms with van der Waals surface area (Å²) >= 11 is 0. The number of nitrogens with zero attached hydrogens (tertiary/aromatic N) is 3. The lowest BCUT2D eigenvalue weighted by Crippen LogP contribution is -2.49. The zero-order valence-corrected chi connectivity index (χ0v) is 20.8. The van der Waals surface area contributed by atoms with Crippen molar-refractivity contribution in [1.82, 2.24) is 14.7 Å². The Morgan fingerprint density at radius 3 is 2.63 bits per heavy atom. The van der Waals surface area contributed by atoms with Gasteiger partial charge in [0.2, 0.25) is 11.8 Å². The standard InChI is InChI=1S/C28H39N3O4/c32-27(29-13-16-34-17-14-29)18-22-11-12-30-19-23(22)7-5-15-35-26-10-4-1-6-24(26)20-31(21-28(30)33)25-8-2-3-9-25/h1,4-7,10,22-23,25H,2-3,8-9,11-21H2/t22-,23-/m0/s1. The highest BCUT2D eigenvalue weighted by atomic mass is 16.5. The number of ether oxygens (including phenoxy) is 2. The van der Waals surface area contributed by atoms with Crippen molar-refractivity contribution >= 4 is 11.8 Å². The number of amides is 2. The van der Waals surface area contributed by atoms with Crippen LogP contribution in [0.1, 0.15) is 44.1 Å². The molecule has 1 aliphatic carbocycles. The molecule has 2 amide bonds. The number of rotatable bonds is 3. The lowest BCUT2D eigenvalue weighted by Gasteiger charge is -2.39. The van der Waals surface area contributed by atoms with Gasteiger partial charge in [0.25, 0.3) is 0 Å². The quantitative estimate of drug-likeness (QED) is 0.621. The second-order valence-corrected chi connectivity index (χ2v) is 10.4. The van der Waals surface area contributed by atoms with Gasteiger partial charge in [-0.2, -0.15) is 0 Å². The van der Waals surface area contributed by atoms with Gasteiger partial charge in [0.15, 0.2) is 0 Å². The molecule has 0 radical (unpaired) electrons. The molecule has 4 aliphatic rings. The molecule has 3 aliphatic heterocycles. The average Bonchev–Trinajstić information content (AvgIpc) is 3.43. The summed E-state index contributed by atoms with van der Waals surface area (Å²) in [6.07, 6.45) is 10.5. The number of carbonyl (C=O) groups excluding carboxylic acids is 2. The van der Waals surface area contributed by atoms with Crippen LogP contribution in [-0.4, -0.2) is 85.1 Å². The zero-order valence-electron chi connectivity index (χ0n) is 20.8. The molecule has 1 aromatic carbocycles. The Bertz CT molecular complexity index is 907. The van der Waals surface area contributed by atoms with E-state index >= 15 is 0 Å². The van der Waals surface area contributed by atoms with Gasteiger partial charge in [-0.05, 0) is 37.2 Å². The minimum atomic E-state index is 0.164. The lowest BCUT2D eigenvalue weighted by atomic mass is 9.82. The summed E-state index contributed by atoms with van der Waals surface area (Å²) in [5.74, 6) is 1.73. The molecule has 7 heteroatoms. The summed E-state index contributed by atoms with van der Waals surface area (Å²) in [5.41, 5.74) is 1.15. The fraction of sp³-hybridized carbons (Fsp3) is 0.643. The number of morpholine rings is 1. The van der Waals surface area contributed by atoms with Crippen molar-refractivity contribution < 1.29 is 19.1 Å². The van der Waals surface area contributed by atoms with Crippen LogP contribution in [0.4, 0.5) is 0 Å². The number of carbonyl (C=O) groups is 2. The predicted octanol–water partition coefficient (Wildman–Crippen LogP) is 3.09. The maximum atomic E-state index is 13.5. The maximum absolute atomic E-state index is 13.5. The van der Waals surface area contributed by atoms with Crippen molar-refractivity contribution in [1.29, 1.82) is 0 Å². The molecular weight excluding hydrogens is 442 g/mol. The van der Waals surface area contributed by atoms with Gasteiger partial charge in [-0.15, -0.1) is 0 Å². The van der Waals surface area contributed by atoms with E-state index in [0.717, 1.165) is 43.7 Å². The van der Waals surface area contributed by atoms with Crippen LogP contribution in [0.2, 0.25) is 0 Å². The van der Waals surface area contributed by atoms with Crippen LogP contribution in [0.25, 0.3) is 0 Å². The third-order valence-corrected chi connectivity index (χ3v) is 8.20. The van der Waals surface area contributed by atoms with E-state index in [1.807, 2.05) is 21.9 Å². The fourth-order valence-electron chi connectivity index (χ4n) is 6.11. The van der Waals surface area contributed by atoms with Crippen LogP contribution < -0.4 is 4.74 Å². The first kappa shape index (κ1) is 24.3. The van der Waals surface area contributed by atoms with Crippen molar-refractivity contribution in [3.05, 3.63) is 42.0 Å². The molecule has 1 saturated carbocycles. The number of fused-ring (bicyclic) bond motifs is 3. The Hall–Kier alpha value is -2.38. The van der Waals surface area contributed by atoms with Crippen LogP contribution in [0, 0.1) is 11.8 Å². The van der Waals surface area contributed by atoms with Gasteiger partial charge < -0.3 is 19.3 Å². The van der Waals surface area contributed by atoms with Gasteiger partial charge in [-0.1, -0.05) is 43.2 Å². The minimum Gasteiger partial charge on any atom is -0.489 e. The first-order valence-electron chi connectivity index (χ1n) is 13.4. The summed E-state index contributed by atoms with van der Waals surface area (Å²) < 4.78 is 11.6. The lowest BCUT2D eigenvalue weighted by molar-refractivity contribution is -0.138. The normalized spacial score (nSPS) is 26.9. The van der Waals surface area contributed by atoms with Crippen molar-refractivity contribution in [2.45, 2.75) is 51.1 Å². The first-order chi connectivity index (χ1) is 17.2. The molecule has 0 aromatic heterocycles. The van der Waals surface area contributed by atoms with Crippen molar-refractivity contribution in [3.63, 3.8) is 0 Å². The SMILES string of the molecule is O=C(C[C@@H]1CCN2C[C@@H]1C=CCOc1ccccc1CN(C1CCCC1)CC2=O)N1CCOCC1. The largest absolute Gasteiger partial charge is 0.489 e. The smallest absolute Gasteiger partial charge is 0.236 e. The van der Waals surface area contributed by atoms with Crippen LogP contribution in [0.5, 0.6) is 5.75 Å². The van der Waals surface area contributed by atoms with Crippen molar-refractivity contribution in [2.24, 2.45) is 11.8 Å². The highest BCUT2D eigenvalue weighted by molar-refractivity contribution is 5.79. The summed E-state index contributed by atoms with van der Waals surface area (Å²) in [6.45, 7) is 5.71. The number of hydrogen-bond acceptors (Lipinski definition) is 5. The van der Waals surface area contributed by atoms with E-state index in [2.05, 4.69) is 29.2 Å². The molecule has 5 rings (SSSR count). The molecule has 2 atom stereocenters. The fourth-order valence-corrected chi connectivity index (χ4v) is 6.11. The second kappa shape index (κ2) is 11.6. The topological polar surface area (TPSA) is 62.3 Å². The molecule has 0 N–H and O–H groups in total. The van der Waals surface area contributed by atoms with E-state index in [-0.39, 0.29) is 23.7 Å². The molecule has 0 unspecified atom stereocenters. The monoisotopic (exact) mass is 481 g/mol. The molecule has 3 fully saturated rings. The van der Waals surface area contributed by atoms with E-state index < -0.39 is 0 Å². The van der Waals surface area contributed by atoms with E-state index in [1.165, 1.54) is 12.8 Å². The van der Waals surface area contributed by atoms with Gasteiger partial charge >= 0.3 is 0 Å². The van der Waals surface area contributed by atoms with Gasteiger partial charge in [0, 0.05) is 50.7 Å². The summed E-state index contributed by atoms with van der Waals surface area (Å²) in [4.78, 5) is 32.9. The molecule has 3 heterocycles. The van der Waals surface area contributed by atoms with Crippen LogP contribution in [0.15, 0.2) is 36.4 Å². The number of hydrogen-bond donors (Lipinski definition) is 0. The third-order valence-electron chi connectivity index (χ3n) is 8.20.